The molecule has 0 aliphatic carbocycles. The van der Waals surface area contributed by atoms with Gasteiger partial charge in [-0.15, -0.1) is 11.3 Å². The summed E-state index contributed by atoms with van der Waals surface area (Å²) in [6, 6.07) is 4.43. The SMILES string of the molecule is CCc1ccc(CC(C)CSC#N)s1. The highest BCUT2D eigenvalue weighted by Gasteiger charge is 2.05. The van der Waals surface area contributed by atoms with Crippen molar-refractivity contribution in [2.24, 2.45) is 5.92 Å². The van der Waals surface area contributed by atoms with Gasteiger partial charge in [-0.1, -0.05) is 13.8 Å². The van der Waals surface area contributed by atoms with Crippen molar-refractivity contribution in [2.45, 2.75) is 26.7 Å². The highest BCUT2D eigenvalue weighted by Crippen LogP contribution is 2.21. The Kier molecular flexibility index (Phi) is 5.06. The molecule has 3 heteroatoms. The molecule has 1 nitrogen and oxygen atoms in total. The number of rotatable bonds is 5. The van der Waals surface area contributed by atoms with Gasteiger partial charge in [0.15, 0.2) is 0 Å². The topological polar surface area (TPSA) is 23.8 Å². The Morgan fingerprint density at radius 1 is 1.50 bits per heavy atom. The lowest BCUT2D eigenvalue weighted by atomic mass is 10.1. The lowest BCUT2D eigenvalue weighted by Gasteiger charge is -2.05. The van der Waals surface area contributed by atoms with Crippen LogP contribution in [0.25, 0.3) is 0 Å². The van der Waals surface area contributed by atoms with Crippen molar-refractivity contribution < 1.29 is 0 Å². The van der Waals surface area contributed by atoms with Crippen LogP contribution in [0.5, 0.6) is 0 Å². The van der Waals surface area contributed by atoms with E-state index in [1.54, 1.807) is 0 Å². The Labute approximate surface area is 94.1 Å². The molecule has 0 bridgehead atoms. The Bertz CT molecular complexity index is 311. The Morgan fingerprint density at radius 2 is 2.21 bits per heavy atom. The molecular formula is C11H15NS2. The highest BCUT2D eigenvalue weighted by molar-refractivity contribution is 8.03. The summed E-state index contributed by atoms with van der Waals surface area (Å²) < 4.78 is 0. The number of nitriles is 1. The van der Waals surface area contributed by atoms with Crippen molar-refractivity contribution in [1.29, 1.82) is 5.26 Å². The van der Waals surface area contributed by atoms with Crippen molar-refractivity contribution in [2.75, 3.05) is 5.75 Å². The fraction of sp³-hybridized carbons (Fsp3) is 0.545. The van der Waals surface area contributed by atoms with Crippen LogP contribution in [0.15, 0.2) is 12.1 Å². The zero-order valence-corrected chi connectivity index (χ0v) is 10.3. The van der Waals surface area contributed by atoms with Gasteiger partial charge in [-0.3, -0.25) is 0 Å². The highest BCUT2D eigenvalue weighted by atomic mass is 32.2. The summed E-state index contributed by atoms with van der Waals surface area (Å²) in [6.45, 7) is 4.39. The standard InChI is InChI=1S/C11H15NS2/c1-3-10-4-5-11(14-10)6-9(2)7-13-8-12/h4-5,9H,3,6-7H2,1-2H3. The lowest BCUT2D eigenvalue weighted by Crippen LogP contribution is -2.00. The quantitative estimate of drug-likeness (QED) is 0.713. The molecule has 0 aromatic carbocycles. The molecule has 0 aliphatic heterocycles. The van der Waals surface area contributed by atoms with Crippen LogP contribution in [0.1, 0.15) is 23.6 Å². The summed E-state index contributed by atoms with van der Waals surface area (Å²) in [7, 11) is 0. The number of thioether (sulfide) groups is 1. The average Bonchev–Trinajstić information content (AvgIpc) is 2.62. The smallest absolute Gasteiger partial charge is 0.133 e. The first kappa shape index (κ1) is 11.6. The van der Waals surface area contributed by atoms with Crippen LogP contribution < -0.4 is 0 Å². The van der Waals surface area contributed by atoms with E-state index in [2.05, 4.69) is 31.4 Å². The van der Waals surface area contributed by atoms with Crippen molar-refractivity contribution in [1.82, 2.24) is 0 Å². The fourth-order valence-corrected chi connectivity index (χ4v) is 2.90. The normalized spacial score (nSPS) is 12.4. The van der Waals surface area contributed by atoms with Crippen molar-refractivity contribution in [3.63, 3.8) is 0 Å². The molecule has 0 aliphatic rings. The molecule has 1 unspecified atom stereocenters. The van der Waals surface area contributed by atoms with E-state index in [9.17, 15) is 0 Å². The molecule has 0 fully saturated rings. The molecule has 0 saturated heterocycles. The van der Waals surface area contributed by atoms with Gasteiger partial charge in [0.2, 0.25) is 0 Å². The van der Waals surface area contributed by atoms with Gasteiger partial charge in [-0.2, -0.15) is 5.26 Å². The Morgan fingerprint density at radius 3 is 2.79 bits per heavy atom. The molecule has 0 radical (unpaired) electrons. The second-order valence-electron chi connectivity index (χ2n) is 3.43. The number of hydrogen-bond donors (Lipinski definition) is 0. The first-order valence-corrected chi connectivity index (χ1v) is 6.65. The minimum absolute atomic E-state index is 0.600. The van der Waals surface area contributed by atoms with E-state index in [-0.39, 0.29) is 0 Å². The molecule has 0 N–H and O–H groups in total. The van der Waals surface area contributed by atoms with Gasteiger partial charge in [0.1, 0.15) is 5.40 Å². The summed E-state index contributed by atoms with van der Waals surface area (Å²) in [4.78, 5) is 2.91. The first-order chi connectivity index (χ1) is 6.76. The maximum Gasteiger partial charge on any atom is 0.133 e. The third-order valence-corrected chi connectivity index (χ3v) is 4.16. The summed E-state index contributed by atoms with van der Waals surface area (Å²) in [5.41, 5.74) is 0. The minimum atomic E-state index is 0.600. The van der Waals surface area contributed by atoms with Crippen LogP contribution >= 0.6 is 23.1 Å². The van der Waals surface area contributed by atoms with Gasteiger partial charge < -0.3 is 0 Å². The van der Waals surface area contributed by atoms with Crippen LogP contribution in [0, 0.1) is 16.6 Å². The third kappa shape index (κ3) is 3.73. The van der Waals surface area contributed by atoms with E-state index in [0.29, 0.717) is 5.92 Å². The zero-order chi connectivity index (χ0) is 10.4. The van der Waals surface area contributed by atoms with Crippen LogP contribution in [-0.4, -0.2) is 5.75 Å². The second kappa shape index (κ2) is 6.10. The summed E-state index contributed by atoms with van der Waals surface area (Å²) >= 11 is 3.26. The van der Waals surface area contributed by atoms with E-state index >= 15 is 0 Å². The van der Waals surface area contributed by atoms with E-state index in [0.717, 1.165) is 18.6 Å². The number of hydrogen-bond acceptors (Lipinski definition) is 3. The first-order valence-electron chi connectivity index (χ1n) is 4.84. The van der Waals surface area contributed by atoms with Gasteiger partial charge in [0, 0.05) is 15.5 Å². The molecule has 1 rings (SSSR count). The van der Waals surface area contributed by atoms with Crippen LogP contribution in [-0.2, 0) is 12.8 Å². The summed E-state index contributed by atoms with van der Waals surface area (Å²) in [5.74, 6) is 1.54. The Hall–Kier alpha value is -0.460. The molecule has 1 atom stereocenters. The van der Waals surface area contributed by atoms with Gasteiger partial charge in [0.25, 0.3) is 0 Å². The predicted octanol–water partition coefficient (Wildman–Crippen LogP) is 3.70. The summed E-state index contributed by atoms with van der Waals surface area (Å²) in [6.07, 6.45) is 2.24. The van der Waals surface area contributed by atoms with Gasteiger partial charge in [-0.05, 0) is 42.7 Å². The molecule has 1 aromatic rings. The largest absolute Gasteiger partial charge is 0.185 e. The number of thiophene rings is 1. The minimum Gasteiger partial charge on any atom is -0.185 e. The fourth-order valence-electron chi connectivity index (χ4n) is 1.30. The van der Waals surface area contributed by atoms with Crippen LogP contribution in [0.2, 0.25) is 0 Å². The van der Waals surface area contributed by atoms with Crippen molar-refractivity contribution in [3.8, 4) is 5.40 Å². The lowest BCUT2D eigenvalue weighted by molar-refractivity contribution is 0.667. The molecule has 1 aromatic heterocycles. The maximum absolute atomic E-state index is 8.44. The van der Waals surface area contributed by atoms with Gasteiger partial charge in [0.05, 0.1) is 0 Å². The average molecular weight is 225 g/mol. The Balaban J connectivity index is 2.40. The third-order valence-electron chi connectivity index (χ3n) is 2.05. The van der Waals surface area contributed by atoms with E-state index < -0.39 is 0 Å². The molecule has 14 heavy (non-hydrogen) atoms. The van der Waals surface area contributed by atoms with Crippen LogP contribution in [0.3, 0.4) is 0 Å². The number of nitrogens with zero attached hydrogens (tertiary/aromatic N) is 1. The van der Waals surface area contributed by atoms with Gasteiger partial charge in [-0.25, -0.2) is 0 Å². The number of thiocyanates is 1. The molecule has 76 valence electrons. The maximum atomic E-state index is 8.44. The summed E-state index contributed by atoms with van der Waals surface area (Å²) in [5, 5.41) is 10.6. The van der Waals surface area contributed by atoms with Crippen molar-refractivity contribution >= 4 is 23.1 Å². The second-order valence-corrected chi connectivity index (χ2v) is 5.49. The van der Waals surface area contributed by atoms with Crippen molar-refractivity contribution in [3.05, 3.63) is 21.9 Å². The zero-order valence-electron chi connectivity index (χ0n) is 8.62. The molecule has 0 saturated carbocycles. The van der Waals surface area contributed by atoms with E-state index in [1.807, 2.05) is 11.3 Å². The van der Waals surface area contributed by atoms with Gasteiger partial charge >= 0.3 is 0 Å². The van der Waals surface area contributed by atoms with E-state index in [1.165, 1.54) is 21.5 Å². The number of aryl methyl sites for hydroxylation is 1. The molecule has 0 amide bonds. The van der Waals surface area contributed by atoms with E-state index in [4.69, 9.17) is 5.26 Å². The molecular weight excluding hydrogens is 210 g/mol. The predicted molar refractivity (Wildman–Crippen MR) is 64.6 cm³/mol. The monoisotopic (exact) mass is 225 g/mol. The molecule has 1 heterocycles. The molecule has 0 spiro atoms. The van der Waals surface area contributed by atoms with Crippen LogP contribution in [0.4, 0.5) is 0 Å².